The molecule has 6 heteroatoms. The molecule has 0 aromatic carbocycles. The lowest BCUT2D eigenvalue weighted by atomic mass is 10.1. The van der Waals surface area contributed by atoms with Crippen LogP contribution in [-0.4, -0.2) is 41.7 Å². The van der Waals surface area contributed by atoms with Crippen LogP contribution >= 0.6 is 11.5 Å². The van der Waals surface area contributed by atoms with Crippen molar-refractivity contribution in [3.63, 3.8) is 0 Å². The molecule has 2 fully saturated rings. The van der Waals surface area contributed by atoms with E-state index in [1.165, 1.54) is 12.8 Å². The van der Waals surface area contributed by atoms with Gasteiger partial charge in [-0.25, -0.2) is 4.98 Å². The molecule has 5 nitrogen and oxygen atoms in total. The lowest BCUT2D eigenvalue weighted by molar-refractivity contribution is 0.0422. The average Bonchev–Trinajstić information content (AvgIpc) is 3.15. The lowest BCUT2D eigenvalue weighted by Gasteiger charge is -2.31. The summed E-state index contributed by atoms with van der Waals surface area (Å²) < 4.78 is 10.1. The van der Waals surface area contributed by atoms with Gasteiger partial charge in [0.25, 0.3) is 0 Å². The second kappa shape index (κ2) is 5.50. The molecule has 2 N–H and O–H groups in total. The zero-order valence-electron chi connectivity index (χ0n) is 10.5. The molecule has 0 atom stereocenters. The van der Waals surface area contributed by atoms with Crippen LogP contribution in [0.5, 0.6) is 0 Å². The third-order valence-electron chi connectivity index (χ3n) is 3.56. The molecule has 0 bridgehead atoms. The first-order valence-corrected chi connectivity index (χ1v) is 7.54. The van der Waals surface area contributed by atoms with Gasteiger partial charge in [-0.05, 0) is 25.7 Å². The first-order valence-electron chi connectivity index (χ1n) is 6.77. The summed E-state index contributed by atoms with van der Waals surface area (Å²) in [6.07, 6.45) is 5.05. The molecule has 0 radical (unpaired) electrons. The number of nitrogens with zero attached hydrogens (tertiary/aromatic N) is 3. The topological polar surface area (TPSA) is 64.3 Å². The summed E-state index contributed by atoms with van der Waals surface area (Å²) in [5.41, 5.74) is 5.45. The van der Waals surface area contributed by atoms with Crippen LogP contribution in [0, 0.1) is 0 Å². The van der Waals surface area contributed by atoms with Gasteiger partial charge in [0.15, 0.2) is 0 Å². The number of anilines is 1. The van der Waals surface area contributed by atoms with E-state index < -0.39 is 0 Å². The van der Waals surface area contributed by atoms with E-state index in [9.17, 15) is 0 Å². The number of hydrogen-bond donors (Lipinski definition) is 1. The van der Waals surface area contributed by atoms with Crippen molar-refractivity contribution >= 4 is 16.7 Å². The van der Waals surface area contributed by atoms with Gasteiger partial charge in [-0.15, -0.1) is 0 Å². The third kappa shape index (κ3) is 2.81. The predicted molar refractivity (Wildman–Crippen MR) is 72.1 cm³/mol. The van der Waals surface area contributed by atoms with E-state index in [0.717, 1.165) is 36.9 Å². The van der Waals surface area contributed by atoms with Crippen molar-refractivity contribution in [1.29, 1.82) is 0 Å². The maximum atomic E-state index is 5.69. The second-order valence-electron chi connectivity index (χ2n) is 5.06. The van der Waals surface area contributed by atoms with E-state index in [0.29, 0.717) is 25.2 Å². The molecule has 1 saturated carbocycles. The molecular formula is C12H20N4OS. The summed E-state index contributed by atoms with van der Waals surface area (Å²) in [7, 11) is 0. The molecule has 1 aromatic heterocycles. The lowest BCUT2D eigenvalue weighted by Crippen LogP contribution is -2.37. The van der Waals surface area contributed by atoms with Crippen molar-refractivity contribution in [3.05, 3.63) is 5.82 Å². The molecule has 1 aromatic rings. The molecule has 1 aliphatic heterocycles. The summed E-state index contributed by atoms with van der Waals surface area (Å²) in [5.74, 6) is 1.72. The van der Waals surface area contributed by atoms with Crippen molar-refractivity contribution < 1.29 is 4.74 Å². The SMILES string of the molecule is NCCOC1CCN(c2nc(C3CC3)ns2)CC1. The highest BCUT2D eigenvalue weighted by atomic mass is 32.1. The summed E-state index contributed by atoms with van der Waals surface area (Å²) in [6, 6.07) is 0. The van der Waals surface area contributed by atoms with Gasteiger partial charge >= 0.3 is 0 Å². The Kier molecular flexibility index (Phi) is 3.77. The Bertz CT molecular complexity index is 385. The molecule has 18 heavy (non-hydrogen) atoms. The number of ether oxygens (including phenoxy) is 1. The van der Waals surface area contributed by atoms with E-state index >= 15 is 0 Å². The van der Waals surface area contributed by atoms with Gasteiger partial charge in [0.05, 0.1) is 12.7 Å². The summed E-state index contributed by atoms with van der Waals surface area (Å²) in [5, 5.41) is 1.09. The predicted octanol–water partition coefficient (Wildman–Crippen LogP) is 1.36. The highest BCUT2D eigenvalue weighted by molar-refractivity contribution is 7.09. The van der Waals surface area contributed by atoms with E-state index in [1.54, 1.807) is 11.5 Å². The molecular weight excluding hydrogens is 248 g/mol. The van der Waals surface area contributed by atoms with Gasteiger partial charge in [-0.2, -0.15) is 4.37 Å². The highest BCUT2D eigenvalue weighted by Crippen LogP contribution is 2.39. The van der Waals surface area contributed by atoms with Crippen LogP contribution in [0.4, 0.5) is 5.13 Å². The normalized spacial score (nSPS) is 21.5. The first kappa shape index (κ1) is 12.3. The minimum atomic E-state index is 0.376. The van der Waals surface area contributed by atoms with Crippen LogP contribution in [0.15, 0.2) is 0 Å². The van der Waals surface area contributed by atoms with Crippen LogP contribution < -0.4 is 10.6 Å². The molecule has 0 spiro atoms. The second-order valence-corrected chi connectivity index (χ2v) is 5.79. The number of rotatable bonds is 5. The van der Waals surface area contributed by atoms with Crippen molar-refractivity contribution in [1.82, 2.24) is 9.36 Å². The van der Waals surface area contributed by atoms with Gasteiger partial charge in [0.1, 0.15) is 5.82 Å². The van der Waals surface area contributed by atoms with Crippen LogP contribution in [0.2, 0.25) is 0 Å². The number of hydrogen-bond acceptors (Lipinski definition) is 6. The number of aromatic nitrogens is 2. The highest BCUT2D eigenvalue weighted by Gasteiger charge is 2.29. The molecule has 1 saturated heterocycles. The minimum absolute atomic E-state index is 0.376. The fourth-order valence-corrected chi connectivity index (χ4v) is 3.11. The van der Waals surface area contributed by atoms with Gasteiger partial charge in [-0.3, -0.25) is 0 Å². The molecule has 0 amide bonds. The van der Waals surface area contributed by atoms with Crippen LogP contribution in [0.1, 0.15) is 37.4 Å². The standard InChI is InChI=1S/C12H20N4OS/c13-5-8-17-10-3-6-16(7-4-10)12-14-11(15-18-12)9-1-2-9/h9-10H,1-8,13H2. The summed E-state index contributed by atoms with van der Waals surface area (Å²) >= 11 is 1.55. The molecule has 1 aliphatic carbocycles. The molecule has 0 unspecified atom stereocenters. The summed E-state index contributed by atoms with van der Waals surface area (Å²) in [6.45, 7) is 3.33. The largest absolute Gasteiger partial charge is 0.377 e. The van der Waals surface area contributed by atoms with Crippen molar-refractivity contribution in [2.75, 3.05) is 31.1 Å². The van der Waals surface area contributed by atoms with Crippen molar-refractivity contribution in [2.24, 2.45) is 5.73 Å². The van der Waals surface area contributed by atoms with Gasteiger partial charge in [0.2, 0.25) is 5.13 Å². The maximum Gasteiger partial charge on any atom is 0.205 e. The Morgan fingerprint density at radius 2 is 2.06 bits per heavy atom. The minimum Gasteiger partial charge on any atom is -0.377 e. The number of piperidine rings is 1. The third-order valence-corrected chi connectivity index (χ3v) is 4.35. The Balaban J connectivity index is 1.51. The first-order chi connectivity index (χ1) is 8.86. The Morgan fingerprint density at radius 3 is 2.72 bits per heavy atom. The molecule has 2 heterocycles. The van der Waals surface area contributed by atoms with E-state index in [4.69, 9.17) is 10.5 Å². The Hall–Kier alpha value is -0.720. The zero-order chi connectivity index (χ0) is 12.4. The van der Waals surface area contributed by atoms with Crippen LogP contribution in [0.25, 0.3) is 0 Å². The Morgan fingerprint density at radius 1 is 1.28 bits per heavy atom. The van der Waals surface area contributed by atoms with Crippen LogP contribution in [-0.2, 0) is 4.74 Å². The maximum absolute atomic E-state index is 5.69. The monoisotopic (exact) mass is 268 g/mol. The Labute approximate surface area is 112 Å². The number of nitrogens with two attached hydrogens (primary N) is 1. The summed E-state index contributed by atoms with van der Waals surface area (Å²) in [4.78, 5) is 6.99. The fourth-order valence-electron chi connectivity index (χ4n) is 2.31. The fraction of sp³-hybridized carbons (Fsp3) is 0.833. The van der Waals surface area contributed by atoms with Gasteiger partial charge in [-0.1, -0.05) is 0 Å². The molecule has 3 rings (SSSR count). The molecule has 2 aliphatic rings. The van der Waals surface area contributed by atoms with E-state index in [2.05, 4.69) is 14.3 Å². The van der Waals surface area contributed by atoms with Gasteiger partial charge < -0.3 is 15.4 Å². The molecule has 100 valence electrons. The van der Waals surface area contributed by atoms with Crippen molar-refractivity contribution in [2.45, 2.75) is 37.7 Å². The van der Waals surface area contributed by atoms with Gasteiger partial charge in [0, 0.05) is 37.1 Å². The van der Waals surface area contributed by atoms with E-state index in [-0.39, 0.29) is 0 Å². The van der Waals surface area contributed by atoms with Crippen molar-refractivity contribution in [3.8, 4) is 0 Å². The average molecular weight is 268 g/mol. The van der Waals surface area contributed by atoms with Crippen LogP contribution in [0.3, 0.4) is 0 Å². The quantitative estimate of drug-likeness (QED) is 0.873. The van der Waals surface area contributed by atoms with E-state index in [1.807, 2.05) is 0 Å². The zero-order valence-corrected chi connectivity index (χ0v) is 11.4. The smallest absolute Gasteiger partial charge is 0.205 e.